The number of fused-ring (bicyclic) bond motifs is 3. The second-order valence-electron chi connectivity index (χ2n) is 6.52. The summed E-state index contributed by atoms with van der Waals surface area (Å²) in [5.41, 5.74) is 3.24. The van der Waals surface area contributed by atoms with Gasteiger partial charge in [0.2, 0.25) is 0 Å². The zero-order valence-corrected chi connectivity index (χ0v) is 14.9. The Kier molecular flexibility index (Phi) is 3.51. The second kappa shape index (κ2) is 5.33. The lowest BCUT2D eigenvalue weighted by molar-refractivity contribution is 0.237. The van der Waals surface area contributed by atoms with Gasteiger partial charge in [-0.3, -0.25) is 4.31 Å². The molecule has 122 valence electrons. The summed E-state index contributed by atoms with van der Waals surface area (Å²) in [7, 11) is -1.36. The summed E-state index contributed by atoms with van der Waals surface area (Å²) >= 11 is 1.29. The van der Waals surface area contributed by atoms with Crippen LogP contribution in [0.1, 0.15) is 23.5 Å². The van der Waals surface area contributed by atoms with E-state index in [0.29, 0.717) is 4.21 Å². The summed E-state index contributed by atoms with van der Waals surface area (Å²) in [5.74, 6) is 0.262. The van der Waals surface area contributed by atoms with Gasteiger partial charge in [0.15, 0.2) is 0 Å². The van der Waals surface area contributed by atoms with Gasteiger partial charge >= 0.3 is 0 Å². The maximum absolute atomic E-state index is 13.2. The Bertz CT molecular complexity index is 830. The van der Waals surface area contributed by atoms with Crippen molar-refractivity contribution in [1.82, 2.24) is 4.90 Å². The number of hydrogen-bond acceptors (Lipinski definition) is 4. The van der Waals surface area contributed by atoms with Gasteiger partial charge in [0.25, 0.3) is 10.0 Å². The molecule has 4 nitrogen and oxygen atoms in total. The quantitative estimate of drug-likeness (QED) is 0.837. The van der Waals surface area contributed by atoms with E-state index in [1.54, 1.807) is 16.4 Å². The van der Waals surface area contributed by atoms with Crippen LogP contribution in [-0.4, -0.2) is 39.5 Å². The van der Waals surface area contributed by atoms with Crippen molar-refractivity contribution in [2.24, 2.45) is 0 Å². The molecule has 1 fully saturated rings. The van der Waals surface area contributed by atoms with Crippen LogP contribution in [0.4, 0.5) is 5.69 Å². The van der Waals surface area contributed by atoms with E-state index in [-0.39, 0.29) is 12.0 Å². The summed E-state index contributed by atoms with van der Waals surface area (Å²) < 4.78 is 28.5. The number of benzene rings is 1. The standard InChI is InChI=1S/C17H20N2O2S2/c1-12-5-6-15-13(10-12)14-11-18(2)8-7-16(14)19(15)23(20,21)17-4-3-9-22-17/h3-6,9-10,14,16H,7-8,11H2,1-2H3/t14-,16+/m0/s1. The molecule has 6 heteroatoms. The van der Waals surface area contributed by atoms with E-state index in [2.05, 4.69) is 24.9 Å². The van der Waals surface area contributed by atoms with Crippen LogP contribution in [0.5, 0.6) is 0 Å². The fourth-order valence-electron chi connectivity index (χ4n) is 3.85. The van der Waals surface area contributed by atoms with Crippen LogP contribution in [0.3, 0.4) is 0 Å². The van der Waals surface area contributed by atoms with Crippen molar-refractivity contribution in [3.05, 3.63) is 46.8 Å². The third-order valence-corrected chi connectivity index (χ3v) is 8.12. The van der Waals surface area contributed by atoms with Crippen molar-refractivity contribution in [3.8, 4) is 0 Å². The van der Waals surface area contributed by atoms with Gasteiger partial charge in [-0.25, -0.2) is 8.42 Å². The molecule has 0 unspecified atom stereocenters. The molecule has 2 aromatic rings. The lowest BCUT2D eigenvalue weighted by Gasteiger charge is -2.36. The molecule has 2 atom stereocenters. The molecular weight excluding hydrogens is 328 g/mol. The topological polar surface area (TPSA) is 40.6 Å². The summed E-state index contributed by atoms with van der Waals surface area (Å²) in [6.45, 7) is 3.92. The number of piperidine rings is 1. The zero-order valence-electron chi connectivity index (χ0n) is 13.3. The zero-order chi connectivity index (χ0) is 16.2. The number of nitrogens with zero attached hydrogens (tertiary/aromatic N) is 2. The van der Waals surface area contributed by atoms with Crippen molar-refractivity contribution >= 4 is 27.0 Å². The maximum Gasteiger partial charge on any atom is 0.274 e. The Morgan fingerprint density at radius 1 is 1.26 bits per heavy atom. The van der Waals surface area contributed by atoms with E-state index < -0.39 is 10.0 Å². The van der Waals surface area contributed by atoms with Crippen molar-refractivity contribution in [3.63, 3.8) is 0 Å². The molecule has 23 heavy (non-hydrogen) atoms. The predicted molar refractivity (Wildman–Crippen MR) is 93.8 cm³/mol. The highest BCUT2D eigenvalue weighted by Crippen LogP contribution is 2.47. The highest BCUT2D eigenvalue weighted by atomic mass is 32.2. The average molecular weight is 348 g/mol. The molecule has 2 aliphatic heterocycles. The molecule has 0 amide bonds. The minimum atomic E-state index is -3.48. The lowest BCUT2D eigenvalue weighted by Crippen LogP contribution is -2.46. The average Bonchev–Trinajstić information content (AvgIpc) is 3.13. The number of likely N-dealkylation sites (tertiary alicyclic amines) is 1. The van der Waals surface area contributed by atoms with E-state index in [0.717, 1.165) is 25.2 Å². The third kappa shape index (κ3) is 2.31. The Balaban J connectivity index is 1.87. The molecule has 0 radical (unpaired) electrons. The van der Waals surface area contributed by atoms with Gasteiger partial charge in [0.1, 0.15) is 4.21 Å². The summed E-state index contributed by atoms with van der Waals surface area (Å²) in [6, 6.07) is 9.70. The smallest absolute Gasteiger partial charge is 0.274 e. The summed E-state index contributed by atoms with van der Waals surface area (Å²) in [6.07, 6.45) is 0.875. The molecule has 0 bridgehead atoms. The minimum Gasteiger partial charge on any atom is -0.306 e. The summed E-state index contributed by atoms with van der Waals surface area (Å²) in [5, 5.41) is 1.82. The van der Waals surface area contributed by atoms with Crippen molar-refractivity contribution in [1.29, 1.82) is 0 Å². The SMILES string of the molecule is Cc1ccc2c(c1)[C@@H]1CN(C)CC[C@H]1N2S(=O)(=O)c1cccs1. The monoisotopic (exact) mass is 348 g/mol. The number of aryl methyl sites for hydroxylation is 1. The molecule has 0 N–H and O–H groups in total. The molecule has 1 saturated heterocycles. The van der Waals surface area contributed by atoms with Crippen LogP contribution in [-0.2, 0) is 10.0 Å². The van der Waals surface area contributed by atoms with E-state index in [4.69, 9.17) is 0 Å². The number of hydrogen-bond donors (Lipinski definition) is 0. The van der Waals surface area contributed by atoms with Crippen LogP contribution in [0.15, 0.2) is 39.9 Å². The predicted octanol–water partition coefficient (Wildman–Crippen LogP) is 3.05. The fourth-order valence-corrected chi connectivity index (χ4v) is 6.67. The molecule has 2 aliphatic rings. The molecule has 0 saturated carbocycles. The number of sulfonamides is 1. The highest BCUT2D eigenvalue weighted by Gasteiger charge is 2.46. The van der Waals surface area contributed by atoms with Crippen molar-refractivity contribution < 1.29 is 8.42 Å². The van der Waals surface area contributed by atoms with Gasteiger partial charge in [-0.2, -0.15) is 0 Å². The first-order valence-electron chi connectivity index (χ1n) is 7.85. The molecule has 4 rings (SSSR count). The molecule has 1 aromatic heterocycles. The second-order valence-corrected chi connectivity index (χ2v) is 9.51. The van der Waals surface area contributed by atoms with Gasteiger partial charge in [-0.15, -0.1) is 11.3 Å². The van der Waals surface area contributed by atoms with E-state index >= 15 is 0 Å². The van der Waals surface area contributed by atoms with Crippen LogP contribution >= 0.6 is 11.3 Å². The van der Waals surface area contributed by atoms with Gasteiger partial charge < -0.3 is 4.90 Å². The van der Waals surface area contributed by atoms with Gasteiger partial charge in [-0.05, 0) is 50.0 Å². The first-order chi connectivity index (χ1) is 11.0. The number of likely N-dealkylation sites (N-methyl/N-ethyl adjacent to an activating group) is 1. The van der Waals surface area contributed by atoms with Crippen molar-refractivity contribution in [2.75, 3.05) is 24.4 Å². The Hall–Kier alpha value is -1.37. The van der Waals surface area contributed by atoms with E-state index in [9.17, 15) is 8.42 Å². The number of rotatable bonds is 2. The first-order valence-corrected chi connectivity index (χ1v) is 10.2. The third-order valence-electron chi connectivity index (χ3n) is 4.91. The molecule has 3 heterocycles. The highest BCUT2D eigenvalue weighted by molar-refractivity contribution is 7.94. The van der Waals surface area contributed by atoms with Gasteiger partial charge in [0.05, 0.1) is 11.7 Å². The van der Waals surface area contributed by atoms with Crippen LogP contribution < -0.4 is 4.31 Å². The van der Waals surface area contributed by atoms with E-state index in [1.807, 2.05) is 17.5 Å². The normalized spacial score (nSPS) is 24.5. The number of anilines is 1. The Morgan fingerprint density at radius 3 is 2.83 bits per heavy atom. The van der Waals surface area contributed by atoms with Crippen LogP contribution in [0.2, 0.25) is 0 Å². The van der Waals surface area contributed by atoms with Gasteiger partial charge in [0, 0.05) is 12.5 Å². The largest absolute Gasteiger partial charge is 0.306 e. The summed E-state index contributed by atoms with van der Waals surface area (Å²) in [4.78, 5) is 2.30. The maximum atomic E-state index is 13.2. The van der Waals surface area contributed by atoms with Crippen LogP contribution in [0, 0.1) is 6.92 Å². The fraction of sp³-hybridized carbons (Fsp3) is 0.412. The molecule has 0 aliphatic carbocycles. The first kappa shape index (κ1) is 15.2. The number of thiophene rings is 1. The molecule has 1 aromatic carbocycles. The molecular formula is C17H20N2O2S2. The van der Waals surface area contributed by atoms with Gasteiger partial charge in [-0.1, -0.05) is 23.8 Å². The Labute approximate surface area is 141 Å². The molecule has 0 spiro atoms. The van der Waals surface area contributed by atoms with E-state index in [1.165, 1.54) is 22.5 Å². The lowest BCUT2D eigenvalue weighted by atomic mass is 9.89. The van der Waals surface area contributed by atoms with Crippen molar-refractivity contribution in [2.45, 2.75) is 29.5 Å². The van der Waals surface area contributed by atoms with Crippen LogP contribution in [0.25, 0.3) is 0 Å². The Morgan fingerprint density at radius 2 is 2.09 bits per heavy atom. The minimum absolute atomic E-state index is 0.0371.